The number of carbonyl (C=O) groups excluding carboxylic acids is 1. The summed E-state index contributed by atoms with van der Waals surface area (Å²) in [5.74, 6) is -0.0519. The topological polar surface area (TPSA) is 130 Å². The van der Waals surface area contributed by atoms with Gasteiger partial charge in [0.05, 0.1) is 23.2 Å². The maximum atomic E-state index is 13.0. The van der Waals surface area contributed by atoms with Crippen LogP contribution in [0, 0.1) is 17.2 Å². The van der Waals surface area contributed by atoms with Crippen molar-refractivity contribution in [2.45, 2.75) is 61.4 Å². The number of rotatable bonds is 7. The molecule has 2 fully saturated rings. The van der Waals surface area contributed by atoms with E-state index in [1.54, 1.807) is 10.9 Å². The molecule has 1 amide bonds. The fraction of sp³-hybridized carbons (Fsp3) is 0.524. The summed E-state index contributed by atoms with van der Waals surface area (Å²) >= 11 is 0. The molecule has 0 radical (unpaired) electrons. The minimum absolute atomic E-state index is 0.101. The van der Waals surface area contributed by atoms with Gasteiger partial charge in [-0.05, 0) is 62.9 Å². The van der Waals surface area contributed by atoms with Crippen molar-refractivity contribution >= 4 is 15.9 Å². The van der Waals surface area contributed by atoms with E-state index in [1.165, 1.54) is 37.7 Å². The minimum Gasteiger partial charge on any atom is -0.343 e. The monoisotopic (exact) mass is 442 g/mol. The van der Waals surface area contributed by atoms with Crippen molar-refractivity contribution in [1.29, 1.82) is 5.26 Å². The van der Waals surface area contributed by atoms with E-state index in [1.807, 2.05) is 0 Å². The van der Waals surface area contributed by atoms with E-state index in [4.69, 9.17) is 0 Å². The predicted octanol–water partition coefficient (Wildman–Crippen LogP) is 2.25. The van der Waals surface area contributed by atoms with Crippen LogP contribution < -0.4 is 10.0 Å². The second-order valence-corrected chi connectivity index (χ2v) is 10.2. The first-order valence-electron chi connectivity index (χ1n) is 10.6. The van der Waals surface area contributed by atoms with Gasteiger partial charge in [-0.3, -0.25) is 4.79 Å². The van der Waals surface area contributed by atoms with Crippen molar-refractivity contribution in [2.75, 3.05) is 7.05 Å². The average Bonchev–Trinajstić information content (AvgIpc) is 3.46. The first-order valence-corrected chi connectivity index (χ1v) is 12.1. The Morgan fingerprint density at radius 1 is 1.23 bits per heavy atom. The molecule has 164 valence electrons. The van der Waals surface area contributed by atoms with Gasteiger partial charge in [0.2, 0.25) is 10.0 Å². The second kappa shape index (κ2) is 8.40. The van der Waals surface area contributed by atoms with Crippen molar-refractivity contribution < 1.29 is 13.2 Å². The average molecular weight is 443 g/mol. The number of amides is 1. The quantitative estimate of drug-likeness (QED) is 0.676. The molecule has 0 spiro atoms. The molecular weight excluding hydrogens is 416 g/mol. The molecule has 0 saturated heterocycles. The van der Waals surface area contributed by atoms with Crippen molar-refractivity contribution in [2.24, 2.45) is 5.92 Å². The van der Waals surface area contributed by atoms with Gasteiger partial charge in [-0.15, -0.1) is 5.10 Å². The van der Waals surface area contributed by atoms with Crippen molar-refractivity contribution in [3.05, 3.63) is 41.7 Å². The smallest absolute Gasteiger partial charge is 0.251 e. The summed E-state index contributed by atoms with van der Waals surface area (Å²) in [5.41, 5.74) is 0.441. The number of benzene rings is 1. The molecule has 2 saturated carbocycles. The highest BCUT2D eigenvalue weighted by molar-refractivity contribution is 7.89. The highest BCUT2D eigenvalue weighted by atomic mass is 32.2. The van der Waals surface area contributed by atoms with Gasteiger partial charge in [0.15, 0.2) is 5.54 Å². The first-order chi connectivity index (χ1) is 14.9. The number of aromatic nitrogens is 3. The largest absolute Gasteiger partial charge is 0.343 e. The fourth-order valence-electron chi connectivity index (χ4n) is 4.17. The van der Waals surface area contributed by atoms with Gasteiger partial charge in [0, 0.05) is 5.56 Å². The summed E-state index contributed by atoms with van der Waals surface area (Å²) in [7, 11) is -2.22. The molecule has 1 heterocycles. The predicted molar refractivity (Wildman–Crippen MR) is 112 cm³/mol. The van der Waals surface area contributed by atoms with Crippen LogP contribution in [0.5, 0.6) is 0 Å². The Bertz CT molecular complexity index is 1090. The zero-order valence-corrected chi connectivity index (χ0v) is 18.2. The van der Waals surface area contributed by atoms with Crippen LogP contribution in [0.4, 0.5) is 0 Å². The Kier molecular flexibility index (Phi) is 5.81. The van der Waals surface area contributed by atoms with E-state index < -0.39 is 15.6 Å². The maximum absolute atomic E-state index is 13.0. The summed E-state index contributed by atoms with van der Waals surface area (Å²) in [6.45, 7) is 0. The Balaban J connectivity index is 1.56. The number of sulfonamides is 1. The van der Waals surface area contributed by atoms with Gasteiger partial charge in [-0.25, -0.2) is 17.8 Å². The second-order valence-electron chi connectivity index (χ2n) is 8.31. The molecule has 2 aliphatic rings. The van der Waals surface area contributed by atoms with Crippen molar-refractivity contribution in [3.8, 4) is 6.07 Å². The van der Waals surface area contributed by atoms with Crippen LogP contribution in [0.3, 0.4) is 0 Å². The molecule has 1 aromatic heterocycles. The standard InChI is InChI=1S/C21H26N6O3S/c1-23-31(29,30)17-9-7-16(8-10-17)20(28)24-19(15-5-3-2-4-6-15)18-13-27(26-25-18)21(14-22)11-12-21/h7-10,13,15,19,23H,2-6,11-12H2,1H3,(H,24,28). The van der Waals surface area contributed by atoms with E-state index in [-0.39, 0.29) is 22.8 Å². The summed E-state index contributed by atoms with van der Waals surface area (Å²) in [5, 5.41) is 21.0. The van der Waals surface area contributed by atoms with Gasteiger partial charge in [0.1, 0.15) is 5.69 Å². The zero-order chi connectivity index (χ0) is 22.1. The van der Waals surface area contributed by atoms with Crippen LogP contribution in [-0.2, 0) is 15.6 Å². The van der Waals surface area contributed by atoms with E-state index in [0.717, 1.165) is 38.5 Å². The summed E-state index contributed by atoms with van der Waals surface area (Å²) < 4.78 is 27.7. The molecule has 31 heavy (non-hydrogen) atoms. The van der Waals surface area contributed by atoms with E-state index in [9.17, 15) is 18.5 Å². The molecule has 1 unspecified atom stereocenters. The number of hydrogen-bond donors (Lipinski definition) is 2. The molecular formula is C21H26N6O3S. The van der Waals surface area contributed by atoms with Gasteiger partial charge >= 0.3 is 0 Å². The molecule has 0 bridgehead atoms. The van der Waals surface area contributed by atoms with Crippen LogP contribution >= 0.6 is 0 Å². The summed E-state index contributed by atoms with van der Waals surface area (Å²) in [4.78, 5) is 13.1. The molecule has 10 heteroatoms. The van der Waals surface area contributed by atoms with E-state index in [2.05, 4.69) is 26.4 Å². The molecule has 1 aromatic carbocycles. The number of nitriles is 1. The fourth-order valence-corrected chi connectivity index (χ4v) is 4.90. The molecule has 1 atom stereocenters. The van der Waals surface area contributed by atoms with Crippen molar-refractivity contribution in [1.82, 2.24) is 25.0 Å². The number of nitrogens with zero attached hydrogens (tertiary/aromatic N) is 4. The summed E-state index contributed by atoms with van der Waals surface area (Å²) in [6, 6.07) is 7.83. The maximum Gasteiger partial charge on any atom is 0.251 e. The van der Waals surface area contributed by atoms with Crippen LogP contribution in [0.1, 0.15) is 67.0 Å². The van der Waals surface area contributed by atoms with Gasteiger partial charge in [-0.2, -0.15) is 5.26 Å². The molecule has 4 rings (SSSR count). The lowest BCUT2D eigenvalue weighted by Gasteiger charge is -2.29. The van der Waals surface area contributed by atoms with Gasteiger partial charge < -0.3 is 5.32 Å². The third-order valence-corrected chi connectivity index (χ3v) is 7.73. The van der Waals surface area contributed by atoms with Crippen molar-refractivity contribution in [3.63, 3.8) is 0 Å². The minimum atomic E-state index is -3.56. The van der Waals surface area contributed by atoms with Crippen LogP contribution in [-0.4, -0.2) is 36.4 Å². The Morgan fingerprint density at radius 2 is 1.90 bits per heavy atom. The summed E-state index contributed by atoms with van der Waals surface area (Å²) in [6.07, 6.45) is 8.67. The zero-order valence-electron chi connectivity index (χ0n) is 17.4. The molecule has 2 aliphatic carbocycles. The van der Waals surface area contributed by atoms with Gasteiger partial charge in [0.25, 0.3) is 5.91 Å². The third kappa shape index (κ3) is 4.34. The lowest BCUT2D eigenvalue weighted by molar-refractivity contribution is 0.0910. The lowest BCUT2D eigenvalue weighted by atomic mass is 9.82. The number of carbonyl (C=O) groups is 1. The van der Waals surface area contributed by atoms with Gasteiger partial charge in [-0.1, -0.05) is 24.5 Å². The number of nitrogens with one attached hydrogen (secondary N) is 2. The number of hydrogen-bond acceptors (Lipinski definition) is 6. The third-order valence-electron chi connectivity index (χ3n) is 6.30. The Morgan fingerprint density at radius 3 is 2.48 bits per heavy atom. The van der Waals surface area contributed by atoms with Crippen LogP contribution in [0.2, 0.25) is 0 Å². The molecule has 0 aliphatic heterocycles. The Hall–Kier alpha value is -2.77. The SMILES string of the molecule is CNS(=O)(=O)c1ccc(C(=O)NC(c2cn(C3(C#N)CC3)nn2)C2CCCCC2)cc1. The molecule has 9 nitrogen and oxygen atoms in total. The Labute approximate surface area is 181 Å². The van der Waals surface area contributed by atoms with E-state index >= 15 is 0 Å². The molecule has 2 aromatic rings. The van der Waals surface area contributed by atoms with Crippen LogP contribution in [0.15, 0.2) is 35.4 Å². The highest BCUT2D eigenvalue weighted by Gasteiger charge is 2.47. The first kappa shape index (κ1) is 21.5. The van der Waals surface area contributed by atoms with Crippen LogP contribution in [0.25, 0.3) is 0 Å². The van der Waals surface area contributed by atoms with E-state index in [0.29, 0.717) is 11.3 Å². The molecule has 2 N–H and O–H groups in total. The highest BCUT2D eigenvalue weighted by Crippen LogP contribution is 2.43. The lowest BCUT2D eigenvalue weighted by Crippen LogP contribution is -2.34. The normalized spacial score (nSPS) is 19.4.